The smallest absolute Gasteiger partial charge is 0.0645 e. The van der Waals surface area contributed by atoms with Crippen molar-refractivity contribution in [3.8, 4) is 0 Å². The molecule has 2 fully saturated rings. The fourth-order valence-electron chi connectivity index (χ4n) is 2.20. The van der Waals surface area contributed by atoms with Crippen LogP contribution < -0.4 is 0 Å². The molecular weight excluding hydrogens is 150 g/mol. The molecule has 0 aliphatic carbocycles. The van der Waals surface area contributed by atoms with Gasteiger partial charge in [0.1, 0.15) is 0 Å². The van der Waals surface area contributed by atoms with E-state index in [4.69, 9.17) is 4.74 Å². The standard InChI is InChI=1S/C10H19NO/c1-2-9-4-3-5-11(6-9)10-7-12-8-10/h9-10H,2-8H2,1H3/t9-/m1/s1. The number of hydrogen-bond acceptors (Lipinski definition) is 2. The van der Waals surface area contributed by atoms with Gasteiger partial charge in [0, 0.05) is 6.54 Å². The Bertz CT molecular complexity index is 145. The monoisotopic (exact) mass is 169 g/mol. The van der Waals surface area contributed by atoms with E-state index in [1.807, 2.05) is 0 Å². The van der Waals surface area contributed by atoms with Gasteiger partial charge in [0.05, 0.1) is 19.3 Å². The van der Waals surface area contributed by atoms with E-state index in [9.17, 15) is 0 Å². The van der Waals surface area contributed by atoms with Crippen LogP contribution in [0.1, 0.15) is 26.2 Å². The molecule has 12 heavy (non-hydrogen) atoms. The molecule has 0 saturated carbocycles. The summed E-state index contributed by atoms with van der Waals surface area (Å²) in [5, 5.41) is 0. The molecule has 0 N–H and O–H groups in total. The van der Waals surface area contributed by atoms with Crippen LogP contribution in [0.15, 0.2) is 0 Å². The van der Waals surface area contributed by atoms with Crippen molar-refractivity contribution in [2.24, 2.45) is 5.92 Å². The summed E-state index contributed by atoms with van der Waals surface area (Å²) in [4.78, 5) is 2.63. The molecule has 2 nitrogen and oxygen atoms in total. The summed E-state index contributed by atoms with van der Waals surface area (Å²) in [6.45, 7) is 6.91. The molecule has 2 heteroatoms. The van der Waals surface area contributed by atoms with Crippen LogP contribution in [0.5, 0.6) is 0 Å². The largest absolute Gasteiger partial charge is 0.378 e. The number of rotatable bonds is 2. The van der Waals surface area contributed by atoms with Crippen LogP contribution in [0.3, 0.4) is 0 Å². The van der Waals surface area contributed by atoms with E-state index < -0.39 is 0 Å². The summed E-state index contributed by atoms with van der Waals surface area (Å²) in [5.74, 6) is 0.958. The predicted molar refractivity (Wildman–Crippen MR) is 49.2 cm³/mol. The minimum absolute atomic E-state index is 0.763. The highest BCUT2D eigenvalue weighted by atomic mass is 16.5. The predicted octanol–water partition coefficient (Wildman–Crippen LogP) is 1.51. The molecule has 0 aromatic heterocycles. The Balaban J connectivity index is 1.81. The van der Waals surface area contributed by atoms with Crippen molar-refractivity contribution in [3.05, 3.63) is 0 Å². The zero-order chi connectivity index (χ0) is 8.39. The van der Waals surface area contributed by atoms with Gasteiger partial charge in [0.15, 0.2) is 0 Å². The van der Waals surface area contributed by atoms with E-state index in [1.165, 1.54) is 32.4 Å². The highest BCUT2D eigenvalue weighted by molar-refractivity contribution is 4.82. The first kappa shape index (κ1) is 8.52. The average Bonchev–Trinajstić information content (AvgIpc) is 2.02. The van der Waals surface area contributed by atoms with Crippen LogP contribution in [0.2, 0.25) is 0 Å². The molecule has 2 aliphatic rings. The van der Waals surface area contributed by atoms with Gasteiger partial charge in [0.25, 0.3) is 0 Å². The molecule has 1 atom stereocenters. The third-order valence-electron chi connectivity index (χ3n) is 3.26. The fourth-order valence-corrected chi connectivity index (χ4v) is 2.20. The van der Waals surface area contributed by atoms with Crippen molar-refractivity contribution in [3.63, 3.8) is 0 Å². The summed E-state index contributed by atoms with van der Waals surface area (Å²) in [6, 6.07) is 0.763. The zero-order valence-corrected chi connectivity index (χ0v) is 7.96. The third-order valence-corrected chi connectivity index (χ3v) is 3.26. The Morgan fingerprint density at radius 2 is 2.25 bits per heavy atom. The lowest BCUT2D eigenvalue weighted by atomic mass is 9.94. The van der Waals surface area contributed by atoms with Crippen molar-refractivity contribution in [1.82, 2.24) is 4.90 Å². The zero-order valence-electron chi connectivity index (χ0n) is 7.96. The molecular formula is C10H19NO. The number of ether oxygens (including phenoxy) is 1. The highest BCUT2D eigenvalue weighted by Crippen LogP contribution is 2.23. The van der Waals surface area contributed by atoms with Crippen molar-refractivity contribution in [1.29, 1.82) is 0 Å². The summed E-state index contributed by atoms with van der Waals surface area (Å²) in [7, 11) is 0. The van der Waals surface area contributed by atoms with Gasteiger partial charge >= 0.3 is 0 Å². The lowest BCUT2D eigenvalue weighted by molar-refractivity contribution is -0.0763. The Morgan fingerprint density at radius 1 is 1.42 bits per heavy atom. The molecule has 0 aromatic rings. The molecule has 0 bridgehead atoms. The van der Waals surface area contributed by atoms with E-state index >= 15 is 0 Å². The molecule has 2 heterocycles. The second-order valence-corrected chi connectivity index (χ2v) is 4.10. The Kier molecular flexibility index (Phi) is 2.66. The van der Waals surface area contributed by atoms with Crippen LogP contribution in [0, 0.1) is 5.92 Å². The summed E-state index contributed by atoms with van der Waals surface area (Å²) in [5.41, 5.74) is 0. The third kappa shape index (κ3) is 1.64. The first-order valence-electron chi connectivity index (χ1n) is 5.22. The second kappa shape index (κ2) is 3.75. The SMILES string of the molecule is CC[C@@H]1CCCN(C2COC2)C1. The molecule has 2 rings (SSSR count). The Labute approximate surface area is 74.9 Å². The minimum atomic E-state index is 0.763. The van der Waals surface area contributed by atoms with Crippen LogP contribution >= 0.6 is 0 Å². The number of likely N-dealkylation sites (tertiary alicyclic amines) is 1. The van der Waals surface area contributed by atoms with Gasteiger partial charge in [-0.1, -0.05) is 13.3 Å². The van der Waals surface area contributed by atoms with Crippen LogP contribution in [0.4, 0.5) is 0 Å². The van der Waals surface area contributed by atoms with Crippen molar-refractivity contribution < 1.29 is 4.74 Å². The van der Waals surface area contributed by atoms with Gasteiger partial charge in [-0.05, 0) is 25.3 Å². The minimum Gasteiger partial charge on any atom is -0.378 e. The lowest BCUT2D eigenvalue weighted by Gasteiger charge is -2.41. The maximum atomic E-state index is 5.22. The quantitative estimate of drug-likeness (QED) is 0.621. The number of hydrogen-bond donors (Lipinski definition) is 0. The number of nitrogens with zero attached hydrogens (tertiary/aromatic N) is 1. The van der Waals surface area contributed by atoms with Crippen LogP contribution in [0.25, 0.3) is 0 Å². The molecule has 0 spiro atoms. The molecule has 0 radical (unpaired) electrons. The molecule has 70 valence electrons. The second-order valence-electron chi connectivity index (χ2n) is 4.10. The van der Waals surface area contributed by atoms with Gasteiger partial charge in [-0.2, -0.15) is 0 Å². The van der Waals surface area contributed by atoms with E-state index in [0.717, 1.165) is 25.2 Å². The average molecular weight is 169 g/mol. The van der Waals surface area contributed by atoms with Gasteiger partial charge < -0.3 is 4.74 Å². The van der Waals surface area contributed by atoms with Crippen molar-refractivity contribution >= 4 is 0 Å². The Morgan fingerprint density at radius 3 is 2.83 bits per heavy atom. The van der Waals surface area contributed by atoms with E-state index in [-0.39, 0.29) is 0 Å². The molecule has 0 aromatic carbocycles. The van der Waals surface area contributed by atoms with Crippen LogP contribution in [-0.4, -0.2) is 37.2 Å². The normalized spacial score (nSPS) is 33.2. The van der Waals surface area contributed by atoms with Crippen LogP contribution in [-0.2, 0) is 4.74 Å². The van der Waals surface area contributed by atoms with Gasteiger partial charge in [-0.15, -0.1) is 0 Å². The highest BCUT2D eigenvalue weighted by Gasteiger charge is 2.29. The summed E-state index contributed by atoms with van der Waals surface area (Å²) >= 11 is 0. The summed E-state index contributed by atoms with van der Waals surface area (Å²) in [6.07, 6.45) is 4.19. The maximum absolute atomic E-state index is 5.22. The van der Waals surface area contributed by atoms with E-state index in [0.29, 0.717) is 0 Å². The van der Waals surface area contributed by atoms with E-state index in [1.54, 1.807) is 0 Å². The molecule has 0 amide bonds. The molecule has 2 aliphatic heterocycles. The molecule has 2 saturated heterocycles. The first-order valence-corrected chi connectivity index (χ1v) is 5.22. The Hall–Kier alpha value is -0.0800. The maximum Gasteiger partial charge on any atom is 0.0645 e. The topological polar surface area (TPSA) is 12.5 Å². The molecule has 0 unspecified atom stereocenters. The van der Waals surface area contributed by atoms with Crippen molar-refractivity contribution in [2.75, 3.05) is 26.3 Å². The number of piperidine rings is 1. The lowest BCUT2D eigenvalue weighted by Crippen LogP contribution is -2.52. The van der Waals surface area contributed by atoms with Gasteiger partial charge in [-0.25, -0.2) is 0 Å². The summed E-state index contributed by atoms with van der Waals surface area (Å²) < 4.78 is 5.22. The fraction of sp³-hybridized carbons (Fsp3) is 1.00. The van der Waals surface area contributed by atoms with Crippen molar-refractivity contribution in [2.45, 2.75) is 32.2 Å². The van der Waals surface area contributed by atoms with Gasteiger partial charge in [0.2, 0.25) is 0 Å². The van der Waals surface area contributed by atoms with E-state index in [2.05, 4.69) is 11.8 Å². The first-order chi connectivity index (χ1) is 5.90. The van der Waals surface area contributed by atoms with Gasteiger partial charge in [-0.3, -0.25) is 4.90 Å².